The topological polar surface area (TPSA) is 57.2 Å². The van der Waals surface area contributed by atoms with E-state index in [2.05, 4.69) is 30.1 Å². The van der Waals surface area contributed by atoms with E-state index in [0.29, 0.717) is 6.26 Å². The Morgan fingerprint density at radius 1 is 1.25 bits per heavy atom. The van der Waals surface area contributed by atoms with E-state index >= 15 is 0 Å². The molecular weight excluding hydrogens is 291 g/mol. The van der Waals surface area contributed by atoms with Crippen LogP contribution in [0.4, 0.5) is 0 Å². The Balaban J connectivity index is 0.000000221. The van der Waals surface area contributed by atoms with Gasteiger partial charge in [-0.25, -0.2) is 8.42 Å². The Bertz CT molecular complexity index is 434. The van der Waals surface area contributed by atoms with E-state index < -0.39 is 10.1 Å². The third-order valence-corrected chi connectivity index (χ3v) is 5.82. The summed E-state index contributed by atoms with van der Waals surface area (Å²) >= 11 is -0.209. The van der Waals surface area contributed by atoms with Crippen molar-refractivity contribution in [3.8, 4) is 0 Å². The molecule has 1 heterocycles. The summed E-state index contributed by atoms with van der Waals surface area (Å²) in [4.78, 5) is 0. The summed E-state index contributed by atoms with van der Waals surface area (Å²) in [7, 11) is -3.92. The molecule has 16 heavy (non-hydrogen) atoms. The molecule has 0 spiro atoms. The van der Waals surface area contributed by atoms with E-state index in [1.54, 1.807) is 11.1 Å². The second-order valence-electron chi connectivity index (χ2n) is 3.85. The van der Waals surface area contributed by atoms with Crippen LogP contribution in [0.25, 0.3) is 0 Å². The number of hydrogen-bond donors (Lipinski definition) is 0. The van der Waals surface area contributed by atoms with Crippen LogP contribution < -0.4 is 0 Å². The molecule has 1 unspecified atom stereocenters. The zero-order valence-corrected chi connectivity index (χ0v) is 12.0. The first-order valence-corrected chi connectivity index (χ1v) is 10.9. The zero-order chi connectivity index (χ0) is 12.2. The standard InChI is InChI=1S/C10H13Se.CH4O3S/c1-11-7-6-9-4-2-3-5-10(9)8-11;1-5(2,3)4/h2-5H,6-8H2,1H3;1H3,(H,2,3,4)/q+1;/p-1. The average Bonchev–Trinajstić information content (AvgIpc) is 2.15. The van der Waals surface area contributed by atoms with Crippen LogP contribution in [-0.4, -0.2) is 33.1 Å². The fourth-order valence-electron chi connectivity index (χ4n) is 1.56. The fraction of sp³-hybridized carbons (Fsp3) is 0.455. The van der Waals surface area contributed by atoms with Gasteiger partial charge in [0, 0.05) is 6.26 Å². The van der Waals surface area contributed by atoms with Crippen LogP contribution in [0, 0.1) is 0 Å². The number of fused-ring (bicyclic) bond motifs is 1. The van der Waals surface area contributed by atoms with Gasteiger partial charge >= 0.3 is 72.2 Å². The summed E-state index contributed by atoms with van der Waals surface area (Å²) in [6, 6.07) is 8.92. The molecule has 0 saturated carbocycles. The van der Waals surface area contributed by atoms with Crippen molar-refractivity contribution in [1.82, 2.24) is 0 Å². The van der Waals surface area contributed by atoms with E-state index in [-0.39, 0.29) is 13.9 Å². The summed E-state index contributed by atoms with van der Waals surface area (Å²) in [6.45, 7) is 0. The second kappa shape index (κ2) is 5.82. The molecule has 2 rings (SSSR count). The molecule has 0 saturated heterocycles. The first-order valence-electron chi connectivity index (χ1n) is 4.93. The van der Waals surface area contributed by atoms with Crippen molar-refractivity contribution in [1.29, 1.82) is 0 Å². The van der Waals surface area contributed by atoms with Gasteiger partial charge in [0.05, 0.1) is 10.1 Å². The van der Waals surface area contributed by atoms with E-state index in [4.69, 9.17) is 13.0 Å². The first kappa shape index (κ1) is 13.7. The fourth-order valence-corrected chi connectivity index (χ4v) is 4.76. The molecule has 1 aliphatic rings. The molecule has 0 aromatic heterocycles. The molecule has 0 radical (unpaired) electrons. The number of aryl methyl sites for hydroxylation is 1. The molecule has 1 aromatic rings. The molecular formula is C11H16O3SSe. The Kier molecular flexibility index (Phi) is 4.99. The minimum absolute atomic E-state index is 0.209. The Hall–Kier alpha value is -0.351. The monoisotopic (exact) mass is 308 g/mol. The van der Waals surface area contributed by atoms with Crippen LogP contribution >= 0.6 is 0 Å². The van der Waals surface area contributed by atoms with Crippen molar-refractivity contribution in [3.05, 3.63) is 35.4 Å². The number of rotatable bonds is 0. The van der Waals surface area contributed by atoms with Crippen LogP contribution in [0.2, 0.25) is 11.1 Å². The molecule has 0 bridgehead atoms. The molecule has 1 aromatic carbocycles. The van der Waals surface area contributed by atoms with E-state index in [1.807, 2.05) is 0 Å². The molecule has 0 aliphatic carbocycles. The summed E-state index contributed by atoms with van der Waals surface area (Å²) in [5.74, 6) is 2.47. The first-order chi connectivity index (χ1) is 7.36. The number of benzene rings is 1. The molecule has 0 amide bonds. The molecule has 3 nitrogen and oxygen atoms in total. The zero-order valence-electron chi connectivity index (χ0n) is 9.47. The molecule has 0 N–H and O–H groups in total. The van der Waals surface area contributed by atoms with Crippen LogP contribution in [-0.2, 0) is 21.9 Å². The van der Waals surface area contributed by atoms with Gasteiger partial charge in [-0.05, 0) is 0 Å². The summed E-state index contributed by atoms with van der Waals surface area (Å²) < 4.78 is 27.2. The predicted octanol–water partition coefficient (Wildman–Crippen LogP) is 1.61. The van der Waals surface area contributed by atoms with Crippen LogP contribution in [0.1, 0.15) is 11.1 Å². The third kappa shape index (κ3) is 5.66. The maximum atomic E-state index is 9.08. The van der Waals surface area contributed by atoms with Crippen molar-refractivity contribution in [2.24, 2.45) is 0 Å². The van der Waals surface area contributed by atoms with E-state index in [0.717, 1.165) is 0 Å². The minimum atomic E-state index is -3.92. The summed E-state index contributed by atoms with van der Waals surface area (Å²) in [5, 5.41) is 2.91. The van der Waals surface area contributed by atoms with Crippen molar-refractivity contribution >= 4 is 24.0 Å². The van der Waals surface area contributed by atoms with Gasteiger partial charge in [0.25, 0.3) is 0 Å². The molecule has 1 atom stereocenters. The predicted molar refractivity (Wildman–Crippen MR) is 65.9 cm³/mol. The van der Waals surface area contributed by atoms with Gasteiger partial charge in [0.2, 0.25) is 0 Å². The SMILES string of the molecule is CS(=O)(=O)[O-].C[Se+]1CCc2ccccc2C1. The normalized spacial score (nSPS) is 19.3. The Morgan fingerprint density at radius 3 is 2.31 bits per heavy atom. The molecule has 0 fully saturated rings. The average molecular weight is 307 g/mol. The van der Waals surface area contributed by atoms with Gasteiger partial charge in [-0.1, -0.05) is 0 Å². The summed E-state index contributed by atoms with van der Waals surface area (Å²) in [6.07, 6.45) is 1.95. The van der Waals surface area contributed by atoms with Gasteiger partial charge < -0.3 is 4.55 Å². The van der Waals surface area contributed by atoms with Crippen LogP contribution in [0.15, 0.2) is 24.3 Å². The van der Waals surface area contributed by atoms with Gasteiger partial charge in [0.1, 0.15) is 0 Å². The van der Waals surface area contributed by atoms with E-state index in [9.17, 15) is 0 Å². The van der Waals surface area contributed by atoms with Gasteiger partial charge in [0.15, 0.2) is 0 Å². The maximum absolute atomic E-state index is 9.08. The summed E-state index contributed by atoms with van der Waals surface area (Å²) in [5.41, 5.74) is 3.24. The van der Waals surface area contributed by atoms with Crippen molar-refractivity contribution in [3.63, 3.8) is 0 Å². The van der Waals surface area contributed by atoms with Crippen molar-refractivity contribution in [2.75, 3.05) is 6.26 Å². The quantitative estimate of drug-likeness (QED) is 0.540. The van der Waals surface area contributed by atoms with Crippen LogP contribution in [0.5, 0.6) is 0 Å². The van der Waals surface area contributed by atoms with E-state index in [1.165, 1.54) is 17.1 Å². The Labute approximate surface area is 102 Å². The van der Waals surface area contributed by atoms with Crippen LogP contribution in [0.3, 0.4) is 0 Å². The van der Waals surface area contributed by atoms with Gasteiger partial charge in [-0.2, -0.15) is 0 Å². The third-order valence-electron chi connectivity index (χ3n) is 2.24. The number of hydrogen-bond acceptors (Lipinski definition) is 3. The van der Waals surface area contributed by atoms with Gasteiger partial charge in [-0.3, -0.25) is 0 Å². The van der Waals surface area contributed by atoms with Crippen molar-refractivity contribution < 1.29 is 13.0 Å². The molecule has 5 heteroatoms. The van der Waals surface area contributed by atoms with Crippen molar-refractivity contribution in [2.45, 2.75) is 22.9 Å². The molecule has 1 aliphatic heterocycles. The second-order valence-corrected chi connectivity index (χ2v) is 10.0. The molecule has 90 valence electrons. The van der Waals surface area contributed by atoms with Gasteiger partial charge in [-0.15, -0.1) is 0 Å². The Morgan fingerprint density at radius 2 is 1.75 bits per heavy atom.